The van der Waals surface area contributed by atoms with E-state index in [0.717, 1.165) is 40.6 Å². The number of hydrogen-bond donors (Lipinski definition) is 1. The number of H-pyrrole nitrogens is 1. The number of rotatable bonds is 1. The summed E-state index contributed by atoms with van der Waals surface area (Å²) in [7, 11) is 0. The van der Waals surface area contributed by atoms with Crippen LogP contribution in [-0.2, 0) is 12.8 Å². The van der Waals surface area contributed by atoms with E-state index < -0.39 is 0 Å². The molecule has 1 N–H and O–H groups in total. The minimum absolute atomic E-state index is 0.00954. The van der Waals surface area contributed by atoms with Gasteiger partial charge in [-0.25, -0.2) is 4.98 Å². The van der Waals surface area contributed by atoms with Crippen LogP contribution in [0.4, 0.5) is 0 Å². The average Bonchev–Trinajstić information content (AvgIpc) is 2.85. The van der Waals surface area contributed by atoms with Crippen molar-refractivity contribution >= 4 is 21.6 Å². The SMILES string of the molecule is Cc1ccccc1-c1nc2sc3c(c2c(=O)[nH]1)CCC(C)C3. The minimum atomic E-state index is 0.00954. The Morgan fingerprint density at radius 2 is 2.14 bits per heavy atom. The van der Waals surface area contributed by atoms with Gasteiger partial charge in [-0.1, -0.05) is 31.2 Å². The summed E-state index contributed by atoms with van der Waals surface area (Å²) in [6, 6.07) is 8.03. The van der Waals surface area contributed by atoms with Crippen LogP contribution < -0.4 is 5.56 Å². The van der Waals surface area contributed by atoms with Crippen LogP contribution in [0.3, 0.4) is 0 Å². The molecule has 1 aliphatic carbocycles. The lowest BCUT2D eigenvalue weighted by molar-refractivity contribution is 0.509. The topological polar surface area (TPSA) is 45.8 Å². The predicted molar refractivity (Wildman–Crippen MR) is 91.6 cm³/mol. The summed E-state index contributed by atoms with van der Waals surface area (Å²) in [6.45, 7) is 4.32. The zero-order chi connectivity index (χ0) is 15.3. The van der Waals surface area contributed by atoms with E-state index in [-0.39, 0.29) is 5.56 Å². The monoisotopic (exact) mass is 310 g/mol. The van der Waals surface area contributed by atoms with Crippen LogP contribution in [-0.4, -0.2) is 9.97 Å². The van der Waals surface area contributed by atoms with Crippen molar-refractivity contribution in [2.24, 2.45) is 5.92 Å². The van der Waals surface area contributed by atoms with Gasteiger partial charge in [0.1, 0.15) is 10.7 Å². The molecule has 0 spiro atoms. The van der Waals surface area contributed by atoms with Crippen LogP contribution >= 0.6 is 11.3 Å². The lowest BCUT2D eigenvalue weighted by atomic mass is 9.89. The molecule has 0 bridgehead atoms. The third-order valence-corrected chi connectivity index (χ3v) is 5.71. The normalized spacial score (nSPS) is 17.6. The van der Waals surface area contributed by atoms with Crippen molar-refractivity contribution in [3.63, 3.8) is 0 Å². The molecule has 1 aliphatic rings. The molecular weight excluding hydrogens is 292 g/mol. The molecule has 0 saturated heterocycles. The highest BCUT2D eigenvalue weighted by Crippen LogP contribution is 2.36. The van der Waals surface area contributed by atoms with E-state index in [4.69, 9.17) is 4.98 Å². The van der Waals surface area contributed by atoms with Crippen LogP contribution in [0.1, 0.15) is 29.3 Å². The maximum absolute atomic E-state index is 12.6. The zero-order valence-electron chi connectivity index (χ0n) is 12.8. The first-order valence-corrected chi connectivity index (χ1v) is 8.55. The Labute approximate surface area is 133 Å². The summed E-state index contributed by atoms with van der Waals surface area (Å²) < 4.78 is 0. The number of hydrogen-bond acceptors (Lipinski definition) is 3. The van der Waals surface area contributed by atoms with Crippen molar-refractivity contribution in [3.05, 3.63) is 50.6 Å². The fraction of sp³-hybridized carbons (Fsp3) is 0.333. The smallest absolute Gasteiger partial charge is 0.260 e. The van der Waals surface area contributed by atoms with Crippen LogP contribution in [0.25, 0.3) is 21.6 Å². The molecule has 0 radical (unpaired) electrons. The lowest BCUT2D eigenvalue weighted by Crippen LogP contribution is -2.13. The molecular formula is C18H18N2OS. The van der Waals surface area contributed by atoms with Gasteiger partial charge in [-0.3, -0.25) is 4.79 Å². The highest BCUT2D eigenvalue weighted by Gasteiger charge is 2.23. The summed E-state index contributed by atoms with van der Waals surface area (Å²) in [4.78, 5) is 22.6. The summed E-state index contributed by atoms with van der Waals surface area (Å²) >= 11 is 1.70. The molecule has 0 saturated carbocycles. The van der Waals surface area contributed by atoms with Gasteiger partial charge in [0.15, 0.2) is 0 Å². The van der Waals surface area contributed by atoms with Crippen molar-refractivity contribution in [2.45, 2.75) is 33.1 Å². The number of benzene rings is 1. The Hall–Kier alpha value is -1.94. The molecule has 3 aromatic rings. The number of aromatic amines is 1. The number of nitrogens with one attached hydrogen (secondary N) is 1. The number of fused-ring (bicyclic) bond motifs is 3. The van der Waals surface area contributed by atoms with Gasteiger partial charge < -0.3 is 4.98 Å². The van der Waals surface area contributed by atoms with Gasteiger partial charge >= 0.3 is 0 Å². The Kier molecular flexibility index (Phi) is 3.15. The maximum atomic E-state index is 12.6. The van der Waals surface area contributed by atoms with Crippen molar-refractivity contribution in [2.75, 3.05) is 0 Å². The van der Waals surface area contributed by atoms with Crippen LogP contribution in [0, 0.1) is 12.8 Å². The second-order valence-corrected chi connectivity index (χ2v) is 7.34. The second kappa shape index (κ2) is 5.06. The zero-order valence-corrected chi connectivity index (χ0v) is 13.6. The highest BCUT2D eigenvalue weighted by atomic mass is 32.1. The molecule has 2 heterocycles. The first kappa shape index (κ1) is 13.7. The van der Waals surface area contributed by atoms with Gasteiger partial charge in [0.2, 0.25) is 0 Å². The average molecular weight is 310 g/mol. The standard InChI is InChI=1S/C18H18N2OS/c1-10-7-8-13-14(9-10)22-18-15(13)17(21)19-16(20-18)12-6-4-3-5-11(12)2/h3-6,10H,7-9H2,1-2H3,(H,19,20,21). The minimum Gasteiger partial charge on any atom is -0.306 e. The number of aromatic nitrogens is 2. The fourth-order valence-electron chi connectivity index (χ4n) is 3.31. The Balaban J connectivity index is 1.95. The summed E-state index contributed by atoms with van der Waals surface area (Å²) in [5, 5.41) is 0.823. The molecule has 3 nitrogen and oxygen atoms in total. The molecule has 112 valence electrons. The summed E-state index contributed by atoms with van der Waals surface area (Å²) in [5.74, 6) is 1.39. The molecule has 2 aromatic heterocycles. The van der Waals surface area contributed by atoms with Gasteiger partial charge in [0.25, 0.3) is 5.56 Å². The van der Waals surface area contributed by atoms with Crippen molar-refractivity contribution in [1.29, 1.82) is 0 Å². The molecule has 1 aromatic carbocycles. The van der Waals surface area contributed by atoms with Gasteiger partial charge in [-0.15, -0.1) is 11.3 Å². The highest BCUT2D eigenvalue weighted by molar-refractivity contribution is 7.18. The second-order valence-electron chi connectivity index (χ2n) is 6.26. The van der Waals surface area contributed by atoms with Gasteiger partial charge in [-0.05, 0) is 43.2 Å². The van der Waals surface area contributed by atoms with Crippen molar-refractivity contribution in [3.8, 4) is 11.4 Å². The maximum Gasteiger partial charge on any atom is 0.260 e. The van der Waals surface area contributed by atoms with Gasteiger partial charge in [0, 0.05) is 10.4 Å². The van der Waals surface area contributed by atoms with E-state index in [9.17, 15) is 4.79 Å². The van der Waals surface area contributed by atoms with Crippen molar-refractivity contribution in [1.82, 2.24) is 9.97 Å². The Morgan fingerprint density at radius 3 is 2.95 bits per heavy atom. The van der Waals surface area contributed by atoms with E-state index in [1.807, 2.05) is 31.2 Å². The first-order valence-electron chi connectivity index (χ1n) is 7.74. The van der Waals surface area contributed by atoms with Gasteiger partial charge in [-0.2, -0.15) is 0 Å². The number of thiophene rings is 1. The number of aryl methyl sites for hydroxylation is 2. The molecule has 1 atom stereocenters. The molecule has 0 aliphatic heterocycles. The van der Waals surface area contributed by atoms with Crippen LogP contribution in [0.5, 0.6) is 0 Å². The van der Waals surface area contributed by atoms with E-state index in [2.05, 4.69) is 11.9 Å². The largest absolute Gasteiger partial charge is 0.306 e. The van der Waals surface area contributed by atoms with Gasteiger partial charge in [0.05, 0.1) is 5.39 Å². The quantitative estimate of drug-likeness (QED) is 0.736. The van der Waals surface area contributed by atoms with E-state index in [1.54, 1.807) is 11.3 Å². The van der Waals surface area contributed by atoms with E-state index >= 15 is 0 Å². The van der Waals surface area contributed by atoms with Crippen LogP contribution in [0.2, 0.25) is 0 Å². The van der Waals surface area contributed by atoms with Crippen molar-refractivity contribution < 1.29 is 0 Å². The number of nitrogens with zero attached hydrogens (tertiary/aromatic N) is 1. The molecule has 1 unspecified atom stereocenters. The molecule has 0 fully saturated rings. The molecule has 4 heteroatoms. The third-order valence-electron chi connectivity index (χ3n) is 4.57. The van der Waals surface area contributed by atoms with E-state index in [1.165, 1.54) is 10.4 Å². The Morgan fingerprint density at radius 1 is 1.32 bits per heavy atom. The third kappa shape index (κ3) is 2.10. The lowest BCUT2D eigenvalue weighted by Gasteiger charge is -2.17. The van der Waals surface area contributed by atoms with E-state index in [0.29, 0.717) is 11.7 Å². The van der Waals surface area contributed by atoms with Crippen LogP contribution in [0.15, 0.2) is 29.1 Å². The fourth-order valence-corrected chi connectivity index (χ4v) is 4.70. The molecule has 0 amide bonds. The molecule has 4 rings (SSSR count). The summed E-state index contributed by atoms with van der Waals surface area (Å²) in [5.41, 5.74) is 3.37. The first-order chi connectivity index (χ1) is 10.6. The predicted octanol–water partition coefficient (Wildman–Crippen LogP) is 4.08. The Bertz CT molecular complexity index is 922. The molecule has 22 heavy (non-hydrogen) atoms. The summed E-state index contributed by atoms with van der Waals surface area (Å²) in [6.07, 6.45) is 3.25.